The number of amides is 1. The molecule has 2 aromatic rings. The maximum absolute atomic E-state index is 12.3. The third-order valence-corrected chi connectivity index (χ3v) is 3.83. The molecule has 0 saturated heterocycles. The molecule has 102 valence electrons. The van der Waals surface area contributed by atoms with Crippen LogP contribution in [0.4, 0.5) is 5.69 Å². The molecule has 1 unspecified atom stereocenters. The highest BCUT2D eigenvalue weighted by molar-refractivity contribution is 5.93. The van der Waals surface area contributed by atoms with Gasteiger partial charge in [0.2, 0.25) is 5.91 Å². The van der Waals surface area contributed by atoms with Gasteiger partial charge < -0.3 is 10.4 Å². The van der Waals surface area contributed by atoms with E-state index in [-0.39, 0.29) is 17.6 Å². The first-order valence-electron chi connectivity index (χ1n) is 6.89. The van der Waals surface area contributed by atoms with Crippen LogP contribution in [0.25, 0.3) is 0 Å². The Hall–Kier alpha value is -2.29. The Labute approximate surface area is 118 Å². The zero-order valence-electron chi connectivity index (χ0n) is 11.2. The molecule has 0 radical (unpaired) electrons. The largest absolute Gasteiger partial charge is 0.508 e. The molecule has 1 aliphatic carbocycles. The van der Waals surface area contributed by atoms with Gasteiger partial charge in [-0.15, -0.1) is 0 Å². The van der Waals surface area contributed by atoms with E-state index in [4.69, 9.17) is 0 Å². The molecule has 1 amide bonds. The number of hydrogen-bond acceptors (Lipinski definition) is 2. The van der Waals surface area contributed by atoms with E-state index in [1.54, 1.807) is 24.3 Å². The van der Waals surface area contributed by atoms with Crippen molar-refractivity contribution in [2.24, 2.45) is 5.92 Å². The number of carbonyl (C=O) groups is 1. The van der Waals surface area contributed by atoms with Crippen molar-refractivity contribution in [2.75, 3.05) is 5.32 Å². The lowest BCUT2D eigenvalue weighted by molar-refractivity contribution is -0.120. The summed E-state index contributed by atoms with van der Waals surface area (Å²) in [5.41, 5.74) is 3.28. The van der Waals surface area contributed by atoms with Crippen molar-refractivity contribution in [1.29, 1.82) is 0 Å². The van der Waals surface area contributed by atoms with E-state index in [2.05, 4.69) is 17.4 Å². The predicted molar refractivity (Wildman–Crippen MR) is 78.7 cm³/mol. The van der Waals surface area contributed by atoms with Gasteiger partial charge >= 0.3 is 0 Å². The summed E-state index contributed by atoms with van der Waals surface area (Å²) in [6.07, 6.45) is 2.62. The standard InChI is InChI=1S/C17H17NO2/c19-16-7-3-6-15(11-16)18-17(20)14-9-8-12-4-1-2-5-13(12)10-14/h1-7,11,14,19H,8-10H2,(H,18,20). The van der Waals surface area contributed by atoms with Crippen molar-refractivity contribution in [3.05, 3.63) is 59.7 Å². The summed E-state index contributed by atoms with van der Waals surface area (Å²) in [6.45, 7) is 0. The number of anilines is 1. The summed E-state index contributed by atoms with van der Waals surface area (Å²) in [7, 11) is 0. The Morgan fingerprint density at radius 1 is 1.10 bits per heavy atom. The third-order valence-electron chi connectivity index (χ3n) is 3.83. The molecule has 0 bridgehead atoms. The van der Waals surface area contributed by atoms with Gasteiger partial charge in [0.05, 0.1) is 0 Å². The van der Waals surface area contributed by atoms with E-state index in [1.165, 1.54) is 11.1 Å². The van der Waals surface area contributed by atoms with E-state index in [1.807, 2.05) is 12.1 Å². The molecule has 0 heterocycles. The molecule has 2 N–H and O–H groups in total. The molecule has 3 nitrogen and oxygen atoms in total. The Balaban J connectivity index is 1.70. The van der Waals surface area contributed by atoms with Crippen LogP contribution >= 0.6 is 0 Å². The third kappa shape index (κ3) is 2.67. The first-order valence-corrected chi connectivity index (χ1v) is 6.89. The molecule has 20 heavy (non-hydrogen) atoms. The van der Waals surface area contributed by atoms with Gasteiger partial charge in [-0.25, -0.2) is 0 Å². The minimum atomic E-state index is 0.00671. The van der Waals surface area contributed by atoms with Gasteiger partial charge in [-0.2, -0.15) is 0 Å². The lowest BCUT2D eigenvalue weighted by atomic mass is 9.83. The Morgan fingerprint density at radius 3 is 2.70 bits per heavy atom. The number of aryl methyl sites for hydroxylation is 1. The number of rotatable bonds is 2. The minimum Gasteiger partial charge on any atom is -0.508 e. The molecule has 0 spiro atoms. The normalized spacial score (nSPS) is 17.3. The molecule has 2 aromatic carbocycles. The smallest absolute Gasteiger partial charge is 0.227 e. The first-order chi connectivity index (χ1) is 9.72. The molecule has 3 rings (SSSR count). The molecule has 0 aliphatic heterocycles. The van der Waals surface area contributed by atoms with Gasteiger partial charge in [-0.1, -0.05) is 30.3 Å². The zero-order chi connectivity index (χ0) is 13.9. The van der Waals surface area contributed by atoms with Crippen molar-refractivity contribution in [3.8, 4) is 5.75 Å². The van der Waals surface area contributed by atoms with Crippen molar-refractivity contribution in [3.63, 3.8) is 0 Å². The van der Waals surface area contributed by atoms with Crippen molar-refractivity contribution in [1.82, 2.24) is 0 Å². The summed E-state index contributed by atoms with van der Waals surface area (Å²) < 4.78 is 0. The van der Waals surface area contributed by atoms with Crippen LogP contribution < -0.4 is 5.32 Å². The van der Waals surface area contributed by atoms with Gasteiger partial charge in [-0.3, -0.25) is 4.79 Å². The van der Waals surface area contributed by atoms with Crippen LogP contribution in [0.15, 0.2) is 48.5 Å². The second kappa shape index (κ2) is 5.37. The van der Waals surface area contributed by atoms with E-state index in [9.17, 15) is 9.90 Å². The van der Waals surface area contributed by atoms with E-state index >= 15 is 0 Å². The fourth-order valence-corrected chi connectivity index (χ4v) is 2.75. The molecule has 3 heteroatoms. The van der Waals surface area contributed by atoms with Crippen LogP contribution in [0.3, 0.4) is 0 Å². The van der Waals surface area contributed by atoms with Gasteiger partial charge in [-0.05, 0) is 42.5 Å². The molecular formula is C17H17NO2. The topological polar surface area (TPSA) is 49.3 Å². The van der Waals surface area contributed by atoms with Crippen LogP contribution in [-0.2, 0) is 17.6 Å². The van der Waals surface area contributed by atoms with Crippen LogP contribution in [0.1, 0.15) is 17.5 Å². The number of aromatic hydroxyl groups is 1. The van der Waals surface area contributed by atoms with Crippen LogP contribution in [0.2, 0.25) is 0 Å². The summed E-state index contributed by atoms with van der Waals surface area (Å²) in [5, 5.41) is 12.3. The van der Waals surface area contributed by atoms with Gasteiger partial charge in [0.1, 0.15) is 5.75 Å². The molecule has 1 aliphatic rings. The quantitative estimate of drug-likeness (QED) is 0.878. The average molecular weight is 267 g/mol. The number of nitrogens with one attached hydrogen (secondary N) is 1. The minimum absolute atomic E-state index is 0.00671. The summed E-state index contributed by atoms with van der Waals surface area (Å²) in [5.74, 6) is 0.203. The summed E-state index contributed by atoms with van der Waals surface area (Å²) in [6, 6.07) is 15.0. The van der Waals surface area contributed by atoms with E-state index in [0.717, 1.165) is 19.3 Å². The maximum atomic E-state index is 12.3. The highest BCUT2D eigenvalue weighted by Gasteiger charge is 2.24. The molecular weight excluding hydrogens is 250 g/mol. The zero-order valence-corrected chi connectivity index (χ0v) is 11.2. The van der Waals surface area contributed by atoms with Crippen LogP contribution in [0.5, 0.6) is 5.75 Å². The van der Waals surface area contributed by atoms with Crippen LogP contribution in [0, 0.1) is 5.92 Å². The molecule has 0 fully saturated rings. The number of fused-ring (bicyclic) bond motifs is 1. The van der Waals surface area contributed by atoms with Crippen LogP contribution in [-0.4, -0.2) is 11.0 Å². The SMILES string of the molecule is O=C(Nc1cccc(O)c1)C1CCc2ccccc2C1. The van der Waals surface area contributed by atoms with E-state index < -0.39 is 0 Å². The Kier molecular flexibility index (Phi) is 3.42. The van der Waals surface area contributed by atoms with Crippen molar-refractivity contribution in [2.45, 2.75) is 19.3 Å². The first kappa shape index (κ1) is 12.7. The number of benzene rings is 2. The predicted octanol–water partition coefficient (Wildman–Crippen LogP) is 3.14. The van der Waals surface area contributed by atoms with Gasteiger partial charge in [0.15, 0.2) is 0 Å². The Morgan fingerprint density at radius 2 is 1.90 bits per heavy atom. The second-order valence-electron chi connectivity index (χ2n) is 5.25. The fraction of sp³-hybridized carbons (Fsp3) is 0.235. The monoisotopic (exact) mass is 267 g/mol. The lowest BCUT2D eigenvalue weighted by Gasteiger charge is -2.23. The van der Waals surface area contributed by atoms with Gasteiger partial charge in [0, 0.05) is 17.7 Å². The van der Waals surface area contributed by atoms with Crippen molar-refractivity contribution >= 4 is 11.6 Å². The molecule has 0 saturated carbocycles. The molecule has 1 atom stereocenters. The van der Waals surface area contributed by atoms with E-state index in [0.29, 0.717) is 5.69 Å². The summed E-state index contributed by atoms with van der Waals surface area (Å²) >= 11 is 0. The number of phenolic OH excluding ortho intramolecular Hbond substituents is 1. The average Bonchev–Trinajstić information content (AvgIpc) is 2.47. The van der Waals surface area contributed by atoms with Gasteiger partial charge in [0.25, 0.3) is 0 Å². The second-order valence-corrected chi connectivity index (χ2v) is 5.25. The highest BCUT2D eigenvalue weighted by atomic mass is 16.3. The number of hydrogen-bond donors (Lipinski definition) is 2. The molecule has 0 aromatic heterocycles. The fourth-order valence-electron chi connectivity index (χ4n) is 2.75. The highest BCUT2D eigenvalue weighted by Crippen LogP contribution is 2.26. The Bertz CT molecular complexity index is 636. The number of carbonyl (C=O) groups excluding carboxylic acids is 1. The number of phenols is 1. The van der Waals surface area contributed by atoms with Crippen molar-refractivity contribution < 1.29 is 9.90 Å². The lowest BCUT2D eigenvalue weighted by Crippen LogP contribution is -2.28. The maximum Gasteiger partial charge on any atom is 0.227 e. The summed E-state index contributed by atoms with van der Waals surface area (Å²) in [4.78, 5) is 12.3.